The number of halogens is 2. The molecule has 2 unspecified atom stereocenters. The van der Waals surface area contributed by atoms with E-state index in [1.54, 1.807) is 0 Å². The Labute approximate surface area is 60.6 Å². The van der Waals surface area contributed by atoms with Crippen LogP contribution in [0.15, 0.2) is 0 Å². The quantitative estimate of drug-likeness (QED) is 0.536. The van der Waals surface area contributed by atoms with Crippen LogP contribution in [0.3, 0.4) is 0 Å². The van der Waals surface area contributed by atoms with E-state index in [0.29, 0.717) is 0 Å². The van der Waals surface area contributed by atoms with Crippen molar-refractivity contribution in [2.45, 2.75) is 39.0 Å². The highest BCUT2D eigenvalue weighted by Crippen LogP contribution is 2.43. The molecule has 0 radical (unpaired) electrons. The summed E-state index contributed by atoms with van der Waals surface area (Å²) in [6, 6.07) is 0. The minimum absolute atomic E-state index is 0.103. The molecule has 0 saturated heterocycles. The van der Waals surface area contributed by atoms with Crippen molar-refractivity contribution >= 4 is 0 Å². The van der Waals surface area contributed by atoms with E-state index in [9.17, 15) is 8.78 Å². The maximum Gasteiger partial charge on any atom is 0.248 e. The van der Waals surface area contributed by atoms with Gasteiger partial charge in [0.05, 0.1) is 0 Å². The lowest BCUT2D eigenvalue weighted by molar-refractivity contribution is 0.00282. The molecule has 1 aliphatic carbocycles. The minimum atomic E-state index is -2.36. The van der Waals surface area contributed by atoms with Crippen LogP contribution in [0.1, 0.15) is 33.1 Å². The van der Waals surface area contributed by atoms with Crippen molar-refractivity contribution in [1.29, 1.82) is 0 Å². The van der Waals surface area contributed by atoms with Crippen LogP contribution in [0.5, 0.6) is 0 Å². The number of hydrogen-bond donors (Lipinski definition) is 0. The molecule has 10 heavy (non-hydrogen) atoms. The van der Waals surface area contributed by atoms with E-state index in [4.69, 9.17) is 0 Å². The van der Waals surface area contributed by atoms with Crippen LogP contribution in [0.4, 0.5) is 8.78 Å². The van der Waals surface area contributed by atoms with E-state index in [1.165, 1.54) is 0 Å². The fourth-order valence-electron chi connectivity index (χ4n) is 1.85. The van der Waals surface area contributed by atoms with E-state index in [1.807, 2.05) is 13.8 Å². The SMILES string of the molecule is CCC1CC(F)(F)CC1C. The molecule has 0 aromatic heterocycles. The number of hydrogen-bond acceptors (Lipinski definition) is 0. The van der Waals surface area contributed by atoms with Crippen LogP contribution in [0.2, 0.25) is 0 Å². The van der Waals surface area contributed by atoms with Crippen LogP contribution < -0.4 is 0 Å². The van der Waals surface area contributed by atoms with Gasteiger partial charge in [0.15, 0.2) is 0 Å². The molecule has 1 aliphatic rings. The summed E-state index contributed by atoms with van der Waals surface area (Å²) in [5, 5.41) is 0. The summed E-state index contributed by atoms with van der Waals surface area (Å²) in [5.74, 6) is -1.88. The Hall–Kier alpha value is -0.140. The average molecular weight is 148 g/mol. The van der Waals surface area contributed by atoms with Gasteiger partial charge in [-0.05, 0) is 11.8 Å². The molecule has 0 aromatic rings. The van der Waals surface area contributed by atoms with Gasteiger partial charge in [0.1, 0.15) is 0 Å². The lowest BCUT2D eigenvalue weighted by atomic mass is 9.96. The van der Waals surface area contributed by atoms with Crippen molar-refractivity contribution in [1.82, 2.24) is 0 Å². The summed E-state index contributed by atoms with van der Waals surface area (Å²) < 4.78 is 25.3. The Morgan fingerprint density at radius 3 is 2.20 bits per heavy atom. The second-order valence-corrected chi connectivity index (χ2v) is 3.41. The Morgan fingerprint density at radius 2 is 2.00 bits per heavy atom. The number of alkyl halides is 2. The Kier molecular flexibility index (Phi) is 1.97. The highest BCUT2D eigenvalue weighted by atomic mass is 19.3. The highest BCUT2D eigenvalue weighted by molar-refractivity contribution is 4.85. The molecule has 2 atom stereocenters. The summed E-state index contributed by atoms with van der Waals surface area (Å²) in [7, 11) is 0. The van der Waals surface area contributed by atoms with Crippen molar-refractivity contribution < 1.29 is 8.78 Å². The lowest BCUT2D eigenvalue weighted by Gasteiger charge is -2.09. The van der Waals surface area contributed by atoms with Crippen LogP contribution in [-0.2, 0) is 0 Å². The largest absolute Gasteiger partial charge is 0.248 e. The summed E-state index contributed by atoms with van der Waals surface area (Å²) >= 11 is 0. The van der Waals surface area contributed by atoms with Gasteiger partial charge in [-0.1, -0.05) is 20.3 Å². The summed E-state index contributed by atoms with van der Waals surface area (Å²) in [6.07, 6.45) is 1.12. The van der Waals surface area contributed by atoms with E-state index in [2.05, 4.69) is 0 Å². The molecule has 0 aromatic carbocycles. The van der Waals surface area contributed by atoms with Gasteiger partial charge in [0.2, 0.25) is 5.92 Å². The topological polar surface area (TPSA) is 0 Å². The van der Waals surface area contributed by atoms with Crippen LogP contribution >= 0.6 is 0 Å². The Balaban J connectivity index is 2.52. The molecule has 1 fully saturated rings. The fourth-order valence-corrected chi connectivity index (χ4v) is 1.85. The summed E-state index contributed by atoms with van der Waals surface area (Å²) in [4.78, 5) is 0. The first kappa shape index (κ1) is 7.96. The van der Waals surface area contributed by atoms with E-state index < -0.39 is 5.92 Å². The Morgan fingerprint density at radius 1 is 1.40 bits per heavy atom. The van der Waals surface area contributed by atoms with Crippen molar-refractivity contribution in [2.75, 3.05) is 0 Å². The third-order valence-electron chi connectivity index (χ3n) is 2.51. The maximum atomic E-state index is 12.6. The second kappa shape index (κ2) is 2.48. The molecule has 1 rings (SSSR count). The van der Waals surface area contributed by atoms with E-state index in [-0.39, 0.29) is 24.7 Å². The molecule has 0 bridgehead atoms. The molecule has 60 valence electrons. The van der Waals surface area contributed by atoms with Gasteiger partial charge >= 0.3 is 0 Å². The smallest absolute Gasteiger partial charge is 0.207 e. The predicted molar refractivity (Wildman–Crippen MR) is 37.1 cm³/mol. The van der Waals surface area contributed by atoms with Crippen LogP contribution in [0, 0.1) is 11.8 Å². The van der Waals surface area contributed by atoms with Crippen molar-refractivity contribution in [3.63, 3.8) is 0 Å². The van der Waals surface area contributed by atoms with Crippen LogP contribution in [-0.4, -0.2) is 5.92 Å². The molecule has 0 spiro atoms. The first-order chi connectivity index (χ1) is 4.55. The zero-order chi connectivity index (χ0) is 7.78. The molecule has 0 aliphatic heterocycles. The molecular formula is C8H14F2. The van der Waals surface area contributed by atoms with Gasteiger partial charge in [-0.15, -0.1) is 0 Å². The summed E-state index contributed by atoms with van der Waals surface area (Å²) in [6.45, 7) is 3.91. The fraction of sp³-hybridized carbons (Fsp3) is 1.00. The van der Waals surface area contributed by atoms with Gasteiger partial charge in [0.25, 0.3) is 0 Å². The predicted octanol–water partition coefficient (Wildman–Crippen LogP) is 3.08. The molecule has 2 heteroatoms. The first-order valence-corrected chi connectivity index (χ1v) is 3.93. The molecule has 1 saturated carbocycles. The maximum absolute atomic E-state index is 12.6. The highest BCUT2D eigenvalue weighted by Gasteiger charge is 2.43. The molecule has 0 amide bonds. The molecule has 0 nitrogen and oxygen atoms in total. The zero-order valence-electron chi connectivity index (χ0n) is 6.53. The Bertz CT molecular complexity index is 120. The zero-order valence-corrected chi connectivity index (χ0v) is 6.53. The first-order valence-electron chi connectivity index (χ1n) is 3.93. The third-order valence-corrected chi connectivity index (χ3v) is 2.51. The minimum Gasteiger partial charge on any atom is -0.207 e. The molecule has 0 N–H and O–H groups in total. The van der Waals surface area contributed by atoms with Crippen molar-refractivity contribution in [3.8, 4) is 0 Å². The van der Waals surface area contributed by atoms with Gasteiger partial charge in [-0.3, -0.25) is 0 Å². The van der Waals surface area contributed by atoms with Crippen LogP contribution in [0.25, 0.3) is 0 Å². The standard InChI is InChI=1S/C8H14F2/c1-3-7-5-8(9,10)4-6(7)2/h6-7H,3-5H2,1-2H3. The lowest BCUT2D eigenvalue weighted by Crippen LogP contribution is -2.09. The van der Waals surface area contributed by atoms with Crippen molar-refractivity contribution in [2.24, 2.45) is 11.8 Å². The monoisotopic (exact) mass is 148 g/mol. The van der Waals surface area contributed by atoms with Gasteiger partial charge in [-0.2, -0.15) is 0 Å². The summed E-state index contributed by atoms with van der Waals surface area (Å²) in [5.41, 5.74) is 0. The normalized spacial score (nSPS) is 38.4. The van der Waals surface area contributed by atoms with Gasteiger partial charge in [-0.25, -0.2) is 8.78 Å². The van der Waals surface area contributed by atoms with E-state index in [0.717, 1.165) is 6.42 Å². The van der Waals surface area contributed by atoms with E-state index >= 15 is 0 Å². The molecule has 0 heterocycles. The van der Waals surface area contributed by atoms with Gasteiger partial charge in [0, 0.05) is 12.8 Å². The molecular weight excluding hydrogens is 134 g/mol. The average Bonchev–Trinajstić information content (AvgIpc) is 2.05. The third kappa shape index (κ3) is 1.47. The number of rotatable bonds is 1. The van der Waals surface area contributed by atoms with Crippen molar-refractivity contribution in [3.05, 3.63) is 0 Å². The second-order valence-electron chi connectivity index (χ2n) is 3.41. The van der Waals surface area contributed by atoms with Gasteiger partial charge < -0.3 is 0 Å².